The highest BCUT2D eigenvalue weighted by Gasteiger charge is 2.17. The molecule has 0 saturated heterocycles. The van der Waals surface area contributed by atoms with Gasteiger partial charge in [0, 0.05) is 22.5 Å². The first-order chi connectivity index (χ1) is 6.91. The third-order valence-corrected chi connectivity index (χ3v) is 2.13. The van der Waals surface area contributed by atoms with E-state index in [1.165, 1.54) is 6.92 Å². The van der Waals surface area contributed by atoms with E-state index in [9.17, 15) is 17.6 Å². The van der Waals surface area contributed by atoms with Crippen LogP contribution >= 0.6 is 15.9 Å². The van der Waals surface area contributed by atoms with Gasteiger partial charge in [0.15, 0.2) is 0 Å². The molecule has 1 atom stereocenters. The number of rotatable bonds is 3. The van der Waals surface area contributed by atoms with Crippen LogP contribution < -0.4 is 4.74 Å². The van der Waals surface area contributed by atoms with Crippen molar-refractivity contribution in [2.45, 2.75) is 18.4 Å². The lowest BCUT2D eigenvalue weighted by Gasteiger charge is -2.10. The van der Waals surface area contributed by atoms with Gasteiger partial charge >= 0.3 is 6.61 Å². The fourth-order valence-corrected chi connectivity index (χ4v) is 1.55. The maximum atomic E-state index is 13.2. The van der Waals surface area contributed by atoms with Gasteiger partial charge < -0.3 is 4.74 Å². The van der Waals surface area contributed by atoms with Crippen LogP contribution in [0.2, 0.25) is 0 Å². The molecule has 0 aromatic heterocycles. The lowest BCUT2D eigenvalue weighted by atomic mass is 10.1. The van der Waals surface area contributed by atoms with Crippen molar-refractivity contribution in [3.63, 3.8) is 0 Å². The van der Waals surface area contributed by atoms with Gasteiger partial charge in [0.05, 0.1) is 0 Å². The number of alkyl halides is 3. The van der Waals surface area contributed by atoms with Crippen molar-refractivity contribution in [3.8, 4) is 5.75 Å². The van der Waals surface area contributed by atoms with E-state index in [0.29, 0.717) is 0 Å². The summed E-state index contributed by atoms with van der Waals surface area (Å²) < 4.78 is 53.8. The molecule has 0 saturated carbocycles. The topological polar surface area (TPSA) is 9.23 Å². The minimum Gasteiger partial charge on any atom is -0.435 e. The molecule has 1 aromatic carbocycles. The average molecular weight is 287 g/mol. The van der Waals surface area contributed by atoms with E-state index in [-0.39, 0.29) is 5.56 Å². The van der Waals surface area contributed by atoms with Crippen molar-refractivity contribution in [1.82, 2.24) is 0 Å². The largest absolute Gasteiger partial charge is 0.435 e. The Balaban J connectivity index is 3.08. The minimum absolute atomic E-state index is 0.211. The summed E-state index contributed by atoms with van der Waals surface area (Å²) in [5.41, 5.74) is -0.211. The molecular weight excluding hydrogens is 280 g/mol. The highest BCUT2D eigenvalue weighted by molar-refractivity contribution is 9.09. The monoisotopic (exact) mass is 286 g/mol. The molecule has 0 aliphatic carbocycles. The summed E-state index contributed by atoms with van der Waals surface area (Å²) in [6.07, 6.45) is 0. The highest BCUT2D eigenvalue weighted by atomic mass is 79.9. The molecule has 0 aliphatic rings. The molecule has 1 aromatic rings. The fourth-order valence-electron chi connectivity index (χ4n) is 1.11. The smallest absolute Gasteiger partial charge is 0.387 e. The van der Waals surface area contributed by atoms with Gasteiger partial charge in [-0.05, 0) is 6.92 Å². The Kier molecular flexibility index (Phi) is 3.96. The van der Waals surface area contributed by atoms with E-state index in [2.05, 4.69) is 20.7 Å². The molecule has 0 fully saturated rings. The van der Waals surface area contributed by atoms with E-state index in [1.807, 2.05) is 0 Å². The molecule has 0 N–H and O–H groups in total. The zero-order chi connectivity index (χ0) is 11.6. The Labute approximate surface area is 92.2 Å². The molecule has 1 rings (SSSR count). The molecule has 6 heteroatoms. The Morgan fingerprint density at radius 1 is 1.20 bits per heavy atom. The molecule has 15 heavy (non-hydrogen) atoms. The summed E-state index contributed by atoms with van der Waals surface area (Å²) in [6.45, 7) is -1.58. The molecule has 0 spiro atoms. The summed E-state index contributed by atoms with van der Waals surface area (Å²) in [5, 5.41) is 0. The molecule has 0 aliphatic heterocycles. The van der Waals surface area contributed by atoms with Crippen LogP contribution in [0.5, 0.6) is 5.75 Å². The predicted molar refractivity (Wildman–Crippen MR) is 50.3 cm³/mol. The first-order valence-corrected chi connectivity index (χ1v) is 4.91. The van der Waals surface area contributed by atoms with Crippen LogP contribution in [0.15, 0.2) is 12.1 Å². The van der Waals surface area contributed by atoms with Gasteiger partial charge in [0.25, 0.3) is 0 Å². The SMILES string of the molecule is CC(Br)c1c(F)cc(OC(F)F)cc1F. The van der Waals surface area contributed by atoms with Crippen molar-refractivity contribution in [2.24, 2.45) is 0 Å². The van der Waals surface area contributed by atoms with Crippen LogP contribution in [0.3, 0.4) is 0 Å². The third-order valence-electron chi connectivity index (χ3n) is 1.68. The summed E-state index contributed by atoms with van der Waals surface area (Å²) >= 11 is 2.99. The molecule has 84 valence electrons. The van der Waals surface area contributed by atoms with Gasteiger partial charge in [0.2, 0.25) is 0 Å². The van der Waals surface area contributed by atoms with Gasteiger partial charge in [-0.25, -0.2) is 8.78 Å². The predicted octanol–water partition coefficient (Wildman–Crippen LogP) is 4.02. The van der Waals surface area contributed by atoms with Gasteiger partial charge in [-0.15, -0.1) is 0 Å². The van der Waals surface area contributed by atoms with Crippen molar-refractivity contribution >= 4 is 15.9 Å². The van der Waals surface area contributed by atoms with E-state index in [1.54, 1.807) is 0 Å². The second-order valence-corrected chi connectivity index (χ2v) is 4.17. The van der Waals surface area contributed by atoms with E-state index < -0.39 is 28.8 Å². The van der Waals surface area contributed by atoms with Crippen molar-refractivity contribution in [3.05, 3.63) is 29.3 Å². The van der Waals surface area contributed by atoms with Gasteiger partial charge in [-0.3, -0.25) is 0 Å². The third kappa shape index (κ3) is 3.09. The Bertz CT molecular complexity index is 331. The van der Waals surface area contributed by atoms with Crippen LogP contribution in [-0.4, -0.2) is 6.61 Å². The van der Waals surface area contributed by atoms with Crippen molar-refractivity contribution in [2.75, 3.05) is 0 Å². The zero-order valence-corrected chi connectivity index (χ0v) is 9.19. The molecular formula is C9H7BrF4O. The first-order valence-electron chi connectivity index (χ1n) is 3.99. The summed E-state index contributed by atoms with van der Waals surface area (Å²) in [5.74, 6) is -2.37. The highest BCUT2D eigenvalue weighted by Crippen LogP contribution is 2.30. The fraction of sp³-hybridized carbons (Fsp3) is 0.333. The maximum absolute atomic E-state index is 13.2. The Morgan fingerprint density at radius 3 is 2.00 bits per heavy atom. The number of ether oxygens (including phenoxy) is 1. The lowest BCUT2D eigenvalue weighted by Crippen LogP contribution is -2.04. The van der Waals surface area contributed by atoms with Crippen LogP contribution in [0, 0.1) is 11.6 Å². The summed E-state index contributed by atoms with van der Waals surface area (Å²) in [6, 6.07) is 1.45. The second kappa shape index (κ2) is 4.83. The normalized spacial score (nSPS) is 13.0. The van der Waals surface area contributed by atoms with Crippen LogP contribution in [0.25, 0.3) is 0 Å². The van der Waals surface area contributed by atoms with E-state index >= 15 is 0 Å². The van der Waals surface area contributed by atoms with E-state index in [4.69, 9.17) is 0 Å². The molecule has 0 heterocycles. The first kappa shape index (κ1) is 12.3. The average Bonchev–Trinajstić information content (AvgIpc) is 1.99. The summed E-state index contributed by atoms with van der Waals surface area (Å²) in [4.78, 5) is -0.543. The Morgan fingerprint density at radius 2 is 1.67 bits per heavy atom. The van der Waals surface area contributed by atoms with Gasteiger partial charge in [-0.2, -0.15) is 8.78 Å². The zero-order valence-electron chi connectivity index (χ0n) is 7.61. The number of hydrogen-bond donors (Lipinski definition) is 0. The Hall–Kier alpha value is -0.780. The maximum Gasteiger partial charge on any atom is 0.387 e. The molecule has 1 nitrogen and oxygen atoms in total. The number of benzene rings is 1. The van der Waals surface area contributed by atoms with E-state index in [0.717, 1.165) is 12.1 Å². The minimum atomic E-state index is -3.10. The van der Waals surface area contributed by atoms with Crippen LogP contribution in [0.4, 0.5) is 17.6 Å². The van der Waals surface area contributed by atoms with Gasteiger partial charge in [0.1, 0.15) is 17.4 Å². The van der Waals surface area contributed by atoms with Crippen LogP contribution in [-0.2, 0) is 0 Å². The number of halogens is 5. The summed E-state index contributed by atoms with van der Waals surface area (Å²) in [7, 11) is 0. The van der Waals surface area contributed by atoms with Gasteiger partial charge in [-0.1, -0.05) is 15.9 Å². The quantitative estimate of drug-likeness (QED) is 0.602. The standard InChI is InChI=1S/C9H7BrF4O/c1-4(10)8-6(11)2-5(3-7(8)12)15-9(13)14/h2-4,9H,1H3. The van der Waals surface area contributed by atoms with Crippen LogP contribution in [0.1, 0.15) is 17.3 Å². The van der Waals surface area contributed by atoms with Crippen molar-refractivity contribution in [1.29, 1.82) is 0 Å². The molecule has 1 unspecified atom stereocenters. The molecule has 0 bridgehead atoms. The molecule has 0 radical (unpaired) electrons. The molecule has 0 amide bonds. The second-order valence-electron chi connectivity index (χ2n) is 2.80. The number of hydrogen-bond acceptors (Lipinski definition) is 1. The van der Waals surface area contributed by atoms with Crippen molar-refractivity contribution < 1.29 is 22.3 Å². The lowest BCUT2D eigenvalue weighted by molar-refractivity contribution is -0.0501.